The Morgan fingerprint density at radius 3 is 2.26 bits per heavy atom. The highest BCUT2D eigenvalue weighted by atomic mass is 14.7. The predicted molar refractivity (Wildman–Crippen MR) is 78.7 cm³/mol. The molecule has 6 aliphatic rings. The first-order valence-electron chi connectivity index (χ1n) is 9.02. The van der Waals surface area contributed by atoms with Gasteiger partial charge in [0.05, 0.1) is 0 Å². The molecule has 5 saturated carbocycles. The molecule has 0 heterocycles. The summed E-state index contributed by atoms with van der Waals surface area (Å²) in [6.45, 7) is 0. The second kappa shape index (κ2) is 3.89. The molecule has 6 aliphatic carbocycles. The van der Waals surface area contributed by atoms with Gasteiger partial charge in [-0.15, -0.1) is 0 Å². The Morgan fingerprint density at radius 2 is 1.74 bits per heavy atom. The lowest BCUT2D eigenvalue weighted by Crippen LogP contribution is -2.68. The Morgan fingerprint density at radius 1 is 1.00 bits per heavy atom. The number of rotatable bonds is 4. The summed E-state index contributed by atoms with van der Waals surface area (Å²) in [6.07, 6.45) is 20.5. The first-order chi connectivity index (χ1) is 9.35. The first kappa shape index (κ1) is 11.4. The molecule has 5 fully saturated rings. The van der Waals surface area contributed by atoms with Gasteiger partial charge in [-0.2, -0.15) is 0 Å². The monoisotopic (exact) mass is 256 g/mol. The molecule has 0 aromatic carbocycles. The third kappa shape index (κ3) is 1.47. The molecule has 2 unspecified atom stereocenters. The number of hydrogen-bond donors (Lipinski definition) is 0. The molecule has 0 spiro atoms. The summed E-state index contributed by atoms with van der Waals surface area (Å²) < 4.78 is 0. The van der Waals surface area contributed by atoms with E-state index in [9.17, 15) is 0 Å². The molecule has 0 aromatic rings. The van der Waals surface area contributed by atoms with Gasteiger partial charge < -0.3 is 0 Å². The summed E-state index contributed by atoms with van der Waals surface area (Å²) in [5.74, 6) is 6.82. The molecule has 0 aromatic heterocycles. The summed E-state index contributed by atoms with van der Waals surface area (Å²) >= 11 is 0. The number of allylic oxidation sites excluding steroid dienone is 2. The fraction of sp³-hybridized carbons (Fsp3) is 0.895. The summed E-state index contributed by atoms with van der Waals surface area (Å²) in [4.78, 5) is 0. The molecule has 0 aliphatic heterocycles. The minimum absolute atomic E-state index is 0.910. The van der Waals surface area contributed by atoms with Gasteiger partial charge >= 0.3 is 0 Å². The lowest BCUT2D eigenvalue weighted by molar-refractivity contribution is -0.262. The van der Waals surface area contributed by atoms with Crippen LogP contribution in [-0.2, 0) is 0 Å². The van der Waals surface area contributed by atoms with Crippen molar-refractivity contribution >= 4 is 0 Å². The molecular formula is C19H28. The van der Waals surface area contributed by atoms with Gasteiger partial charge in [-0.25, -0.2) is 0 Å². The summed E-state index contributed by atoms with van der Waals surface area (Å²) in [6, 6.07) is 0. The molecule has 2 bridgehead atoms. The van der Waals surface area contributed by atoms with Gasteiger partial charge in [0.2, 0.25) is 0 Å². The van der Waals surface area contributed by atoms with Crippen molar-refractivity contribution in [2.45, 2.75) is 64.2 Å². The smallest absolute Gasteiger partial charge is 0.0196 e. The molecule has 104 valence electrons. The topological polar surface area (TPSA) is 0 Å². The van der Waals surface area contributed by atoms with Crippen molar-refractivity contribution in [1.29, 1.82) is 0 Å². The van der Waals surface area contributed by atoms with E-state index in [1.165, 1.54) is 30.6 Å². The van der Waals surface area contributed by atoms with Crippen molar-refractivity contribution < 1.29 is 0 Å². The molecule has 2 atom stereocenters. The fourth-order valence-electron chi connectivity index (χ4n) is 6.76. The van der Waals surface area contributed by atoms with Crippen LogP contribution >= 0.6 is 0 Å². The lowest BCUT2D eigenvalue weighted by atomic mass is 9.30. The van der Waals surface area contributed by atoms with E-state index in [2.05, 4.69) is 12.2 Å². The maximum atomic E-state index is 2.45. The number of hydrogen-bond acceptors (Lipinski definition) is 0. The molecule has 0 nitrogen and oxygen atoms in total. The summed E-state index contributed by atoms with van der Waals surface area (Å²) in [5.41, 5.74) is 0.910. The average molecular weight is 256 g/mol. The van der Waals surface area contributed by atoms with Crippen molar-refractivity contribution in [3.63, 3.8) is 0 Å². The molecular weight excluding hydrogens is 228 g/mol. The van der Waals surface area contributed by atoms with E-state index in [4.69, 9.17) is 0 Å². The minimum atomic E-state index is 0.910. The van der Waals surface area contributed by atoms with Crippen LogP contribution in [0.1, 0.15) is 64.2 Å². The van der Waals surface area contributed by atoms with E-state index in [1.807, 2.05) is 0 Å². The molecule has 0 radical (unpaired) electrons. The predicted octanol–water partition coefficient (Wildman–Crippen LogP) is 5.20. The van der Waals surface area contributed by atoms with Crippen molar-refractivity contribution in [2.75, 3.05) is 0 Å². The van der Waals surface area contributed by atoms with Crippen molar-refractivity contribution in [3.05, 3.63) is 12.2 Å². The van der Waals surface area contributed by atoms with E-state index in [1.54, 1.807) is 51.4 Å². The SMILES string of the molecule is C1=CC(CC2CC(C3C4CC3(C3CCCC3)C4)C2)C1. The highest BCUT2D eigenvalue weighted by Gasteiger charge is 2.70. The van der Waals surface area contributed by atoms with Gasteiger partial charge in [0.1, 0.15) is 0 Å². The van der Waals surface area contributed by atoms with E-state index in [-0.39, 0.29) is 0 Å². The zero-order valence-electron chi connectivity index (χ0n) is 12.2. The second-order valence-corrected chi connectivity index (χ2v) is 8.67. The van der Waals surface area contributed by atoms with Crippen molar-refractivity contribution in [1.82, 2.24) is 0 Å². The van der Waals surface area contributed by atoms with Gasteiger partial charge in [-0.3, -0.25) is 0 Å². The normalized spacial score (nSPS) is 55.1. The first-order valence-corrected chi connectivity index (χ1v) is 9.02. The zero-order valence-corrected chi connectivity index (χ0v) is 12.2. The molecule has 0 N–H and O–H groups in total. The van der Waals surface area contributed by atoms with E-state index < -0.39 is 0 Å². The van der Waals surface area contributed by atoms with Crippen molar-refractivity contribution in [2.24, 2.45) is 40.9 Å². The van der Waals surface area contributed by atoms with Gasteiger partial charge in [-0.1, -0.05) is 25.0 Å². The second-order valence-electron chi connectivity index (χ2n) is 8.67. The third-order valence-corrected chi connectivity index (χ3v) is 7.89. The quantitative estimate of drug-likeness (QED) is 0.607. The van der Waals surface area contributed by atoms with Crippen LogP contribution in [0.4, 0.5) is 0 Å². The van der Waals surface area contributed by atoms with Gasteiger partial charge in [0.15, 0.2) is 0 Å². The van der Waals surface area contributed by atoms with Crippen LogP contribution in [0.2, 0.25) is 0 Å². The molecule has 6 rings (SSSR count). The van der Waals surface area contributed by atoms with E-state index in [0.29, 0.717) is 0 Å². The standard InChI is InChI=1S/C19H28/c1-2-7-17(6-1)19-11-16(12-19)18(19)15-9-14(10-15)8-13-4-3-5-13/h3-4,13-18H,1-2,5-12H2. The largest absolute Gasteiger partial charge is 0.0877 e. The summed E-state index contributed by atoms with van der Waals surface area (Å²) in [7, 11) is 0. The molecule has 0 saturated heterocycles. The van der Waals surface area contributed by atoms with E-state index in [0.717, 1.165) is 23.2 Å². The Hall–Kier alpha value is -0.260. The van der Waals surface area contributed by atoms with Crippen LogP contribution in [0.25, 0.3) is 0 Å². The van der Waals surface area contributed by atoms with Crippen LogP contribution < -0.4 is 0 Å². The zero-order chi connectivity index (χ0) is 12.4. The Labute approximate surface area is 118 Å². The minimum Gasteiger partial charge on any atom is -0.0877 e. The Balaban J connectivity index is 1.19. The fourth-order valence-corrected chi connectivity index (χ4v) is 6.76. The van der Waals surface area contributed by atoms with Crippen molar-refractivity contribution in [3.8, 4) is 0 Å². The highest BCUT2D eigenvalue weighted by molar-refractivity contribution is 5.19. The third-order valence-electron chi connectivity index (χ3n) is 7.89. The van der Waals surface area contributed by atoms with Crippen LogP contribution in [0.3, 0.4) is 0 Å². The van der Waals surface area contributed by atoms with Crippen LogP contribution in [0.5, 0.6) is 0 Å². The van der Waals surface area contributed by atoms with Crippen LogP contribution in [-0.4, -0.2) is 0 Å². The average Bonchev–Trinajstić information content (AvgIpc) is 2.69. The molecule has 0 heteroatoms. The van der Waals surface area contributed by atoms with E-state index >= 15 is 0 Å². The molecule has 0 amide bonds. The van der Waals surface area contributed by atoms with Gasteiger partial charge in [0.25, 0.3) is 0 Å². The van der Waals surface area contributed by atoms with Gasteiger partial charge in [0, 0.05) is 0 Å². The Kier molecular flexibility index (Phi) is 2.34. The highest BCUT2D eigenvalue weighted by Crippen LogP contribution is 2.78. The Bertz CT molecular complexity index is 388. The molecule has 19 heavy (non-hydrogen) atoms. The maximum Gasteiger partial charge on any atom is -0.0196 e. The van der Waals surface area contributed by atoms with Gasteiger partial charge in [-0.05, 0) is 92.3 Å². The maximum absolute atomic E-state index is 2.45. The van der Waals surface area contributed by atoms with Crippen LogP contribution in [0.15, 0.2) is 12.2 Å². The summed E-state index contributed by atoms with van der Waals surface area (Å²) in [5, 5.41) is 0. The van der Waals surface area contributed by atoms with Crippen LogP contribution in [0, 0.1) is 40.9 Å². The lowest BCUT2D eigenvalue weighted by Gasteiger charge is -2.75.